The van der Waals surface area contributed by atoms with E-state index in [0.717, 1.165) is 17.7 Å². The first-order chi connectivity index (χ1) is 9.90. The number of hydrogen-bond donors (Lipinski definition) is 2. The summed E-state index contributed by atoms with van der Waals surface area (Å²) >= 11 is 0. The van der Waals surface area contributed by atoms with Gasteiger partial charge in [0, 0.05) is 6.04 Å². The predicted octanol–water partition coefficient (Wildman–Crippen LogP) is 3.59. The summed E-state index contributed by atoms with van der Waals surface area (Å²) in [6.45, 7) is 0. The van der Waals surface area contributed by atoms with Crippen LogP contribution < -0.4 is 11.3 Å². The molecule has 0 saturated carbocycles. The van der Waals surface area contributed by atoms with Crippen molar-refractivity contribution >= 4 is 0 Å². The Kier molecular flexibility index (Phi) is 4.59. The molecule has 1 unspecified atom stereocenters. The summed E-state index contributed by atoms with van der Waals surface area (Å²) < 4.78 is 51.0. The van der Waals surface area contributed by atoms with E-state index in [9.17, 15) is 17.6 Å². The lowest BCUT2D eigenvalue weighted by Gasteiger charge is -2.18. The SMILES string of the molecule is NNC(Cc1ccc(F)cc1)c1cccc(C(F)(F)F)c1. The van der Waals surface area contributed by atoms with Gasteiger partial charge in [-0.05, 0) is 41.8 Å². The summed E-state index contributed by atoms with van der Waals surface area (Å²) in [4.78, 5) is 0. The standard InChI is InChI=1S/C15H14F4N2/c16-13-6-4-10(5-7-13)8-14(21-20)11-2-1-3-12(9-11)15(17,18)19/h1-7,9,14,21H,8,20H2. The van der Waals surface area contributed by atoms with Gasteiger partial charge in [-0.15, -0.1) is 0 Å². The molecule has 21 heavy (non-hydrogen) atoms. The lowest BCUT2D eigenvalue weighted by atomic mass is 9.98. The number of hydrazine groups is 1. The van der Waals surface area contributed by atoms with Crippen molar-refractivity contribution in [1.82, 2.24) is 5.43 Å². The summed E-state index contributed by atoms with van der Waals surface area (Å²) in [6, 6.07) is 10.3. The van der Waals surface area contributed by atoms with Crippen molar-refractivity contribution in [2.75, 3.05) is 0 Å². The van der Waals surface area contributed by atoms with Crippen LogP contribution in [-0.4, -0.2) is 0 Å². The summed E-state index contributed by atoms with van der Waals surface area (Å²) in [7, 11) is 0. The largest absolute Gasteiger partial charge is 0.416 e. The van der Waals surface area contributed by atoms with Crippen LogP contribution in [0.3, 0.4) is 0 Å². The van der Waals surface area contributed by atoms with Crippen LogP contribution in [0.1, 0.15) is 22.7 Å². The highest BCUT2D eigenvalue weighted by Gasteiger charge is 2.30. The van der Waals surface area contributed by atoms with Crippen LogP contribution in [0, 0.1) is 5.82 Å². The molecule has 0 bridgehead atoms. The van der Waals surface area contributed by atoms with Crippen molar-refractivity contribution in [2.45, 2.75) is 18.6 Å². The third-order valence-corrected chi connectivity index (χ3v) is 3.17. The zero-order valence-corrected chi connectivity index (χ0v) is 11.0. The molecular weight excluding hydrogens is 284 g/mol. The van der Waals surface area contributed by atoms with Crippen LogP contribution >= 0.6 is 0 Å². The molecule has 0 heterocycles. The fourth-order valence-electron chi connectivity index (χ4n) is 2.06. The van der Waals surface area contributed by atoms with E-state index in [0.29, 0.717) is 12.0 Å². The van der Waals surface area contributed by atoms with Crippen LogP contribution in [-0.2, 0) is 12.6 Å². The van der Waals surface area contributed by atoms with Gasteiger partial charge in [0.15, 0.2) is 0 Å². The summed E-state index contributed by atoms with van der Waals surface area (Å²) in [5.41, 5.74) is 2.98. The maximum atomic E-state index is 12.8. The van der Waals surface area contributed by atoms with Gasteiger partial charge in [-0.3, -0.25) is 11.3 Å². The third kappa shape index (κ3) is 4.03. The smallest absolute Gasteiger partial charge is 0.271 e. The Hall–Kier alpha value is -1.92. The lowest BCUT2D eigenvalue weighted by molar-refractivity contribution is -0.137. The maximum absolute atomic E-state index is 12.8. The molecule has 112 valence electrons. The molecule has 2 aromatic rings. The Bertz CT molecular complexity index is 593. The number of nitrogens with one attached hydrogen (secondary N) is 1. The van der Waals surface area contributed by atoms with Gasteiger partial charge in [0.05, 0.1) is 5.56 Å². The van der Waals surface area contributed by atoms with E-state index in [4.69, 9.17) is 5.84 Å². The predicted molar refractivity (Wildman–Crippen MR) is 71.6 cm³/mol. The Balaban J connectivity index is 2.23. The molecule has 6 heteroatoms. The number of nitrogens with two attached hydrogens (primary N) is 1. The molecule has 0 spiro atoms. The number of benzene rings is 2. The van der Waals surface area contributed by atoms with E-state index in [2.05, 4.69) is 5.43 Å². The highest BCUT2D eigenvalue weighted by molar-refractivity contribution is 5.29. The average Bonchev–Trinajstić information content (AvgIpc) is 2.46. The number of alkyl halides is 3. The molecule has 0 fully saturated rings. The maximum Gasteiger partial charge on any atom is 0.416 e. The molecule has 0 amide bonds. The molecular formula is C15H14F4N2. The first-order valence-electron chi connectivity index (χ1n) is 6.28. The molecule has 0 aliphatic rings. The molecule has 1 atom stereocenters. The van der Waals surface area contributed by atoms with Gasteiger partial charge >= 0.3 is 6.18 Å². The molecule has 3 N–H and O–H groups in total. The molecule has 0 aromatic heterocycles. The van der Waals surface area contributed by atoms with Gasteiger partial charge in [-0.2, -0.15) is 13.2 Å². The Labute approximate surface area is 119 Å². The van der Waals surface area contributed by atoms with Crippen LogP contribution in [0.4, 0.5) is 17.6 Å². The normalized spacial score (nSPS) is 13.2. The van der Waals surface area contributed by atoms with Crippen LogP contribution in [0.15, 0.2) is 48.5 Å². The van der Waals surface area contributed by atoms with E-state index in [1.807, 2.05) is 0 Å². The number of rotatable bonds is 4. The van der Waals surface area contributed by atoms with Crippen molar-refractivity contribution in [3.63, 3.8) is 0 Å². The first kappa shape index (κ1) is 15.5. The Morgan fingerprint density at radius 3 is 2.29 bits per heavy atom. The molecule has 0 aliphatic carbocycles. The molecule has 0 saturated heterocycles. The monoisotopic (exact) mass is 298 g/mol. The number of hydrogen-bond acceptors (Lipinski definition) is 2. The quantitative estimate of drug-likeness (QED) is 0.514. The van der Waals surface area contributed by atoms with Gasteiger partial charge in [-0.1, -0.05) is 24.3 Å². The second-order valence-electron chi connectivity index (χ2n) is 4.67. The summed E-state index contributed by atoms with van der Waals surface area (Å²) in [6.07, 6.45) is -4.04. The van der Waals surface area contributed by atoms with E-state index >= 15 is 0 Å². The fraction of sp³-hybridized carbons (Fsp3) is 0.200. The second-order valence-corrected chi connectivity index (χ2v) is 4.67. The highest BCUT2D eigenvalue weighted by atomic mass is 19.4. The Morgan fingerprint density at radius 1 is 1.05 bits per heavy atom. The van der Waals surface area contributed by atoms with Gasteiger partial charge in [0.1, 0.15) is 5.82 Å². The number of halogens is 4. The molecule has 2 aromatic carbocycles. The third-order valence-electron chi connectivity index (χ3n) is 3.17. The van der Waals surface area contributed by atoms with Crippen LogP contribution in [0.25, 0.3) is 0 Å². The van der Waals surface area contributed by atoms with Crippen molar-refractivity contribution in [1.29, 1.82) is 0 Å². The van der Waals surface area contributed by atoms with Gasteiger partial charge in [0.2, 0.25) is 0 Å². The highest BCUT2D eigenvalue weighted by Crippen LogP contribution is 2.31. The molecule has 0 aliphatic heterocycles. The van der Waals surface area contributed by atoms with E-state index in [-0.39, 0.29) is 5.82 Å². The molecule has 0 radical (unpaired) electrons. The van der Waals surface area contributed by atoms with Crippen LogP contribution in [0.5, 0.6) is 0 Å². The first-order valence-corrected chi connectivity index (χ1v) is 6.28. The van der Waals surface area contributed by atoms with Crippen molar-refractivity contribution in [2.24, 2.45) is 5.84 Å². The molecule has 2 rings (SSSR count). The van der Waals surface area contributed by atoms with E-state index in [1.54, 1.807) is 18.2 Å². The van der Waals surface area contributed by atoms with E-state index in [1.165, 1.54) is 18.2 Å². The molecule has 2 nitrogen and oxygen atoms in total. The van der Waals surface area contributed by atoms with Crippen LogP contribution in [0.2, 0.25) is 0 Å². The minimum absolute atomic E-state index is 0.359. The summed E-state index contributed by atoms with van der Waals surface area (Å²) in [5.74, 6) is 5.07. The topological polar surface area (TPSA) is 38.0 Å². The van der Waals surface area contributed by atoms with Gasteiger partial charge in [-0.25, -0.2) is 4.39 Å². The lowest BCUT2D eigenvalue weighted by Crippen LogP contribution is -2.29. The van der Waals surface area contributed by atoms with E-state index < -0.39 is 17.8 Å². The summed E-state index contributed by atoms with van der Waals surface area (Å²) in [5, 5.41) is 0. The minimum atomic E-state index is -4.40. The van der Waals surface area contributed by atoms with Crippen molar-refractivity contribution in [3.05, 3.63) is 71.0 Å². The zero-order chi connectivity index (χ0) is 15.5. The minimum Gasteiger partial charge on any atom is -0.271 e. The van der Waals surface area contributed by atoms with Crippen molar-refractivity contribution < 1.29 is 17.6 Å². The fourth-order valence-corrected chi connectivity index (χ4v) is 2.06. The van der Waals surface area contributed by atoms with Gasteiger partial charge < -0.3 is 0 Å². The second kappa shape index (κ2) is 6.24. The zero-order valence-electron chi connectivity index (χ0n) is 11.0. The van der Waals surface area contributed by atoms with Gasteiger partial charge in [0.25, 0.3) is 0 Å². The van der Waals surface area contributed by atoms with Crippen molar-refractivity contribution in [3.8, 4) is 0 Å². The Morgan fingerprint density at radius 2 is 1.71 bits per heavy atom. The average molecular weight is 298 g/mol.